The topological polar surface area (TPSA) is 49.4 Å². The van der Waals surface area contributed by atoms with Crippen LogP contribution >= 0.6 is 0 Å². The Labute approximate surface area is 143 Å². The largest absolute Gasteiger partial charge is 0.350 e. The van der Waals surface area contributed by atoms with Gasteiger partial charge in [-0.15, -0.1) is 0 Å². The van der Waals surface area contributed by atoms with Crippen molar-refractivity contribution in [2.24, 2.45) is 5.92 Å². The highest BCUT2D eigenvalue weighted by Crippen LogP contribution is 2.31. The van der Waals surface area contributed by atoms with Crippen molar-refractivity contribution in [3.8, 4) is 0 Å². The van der Waals surface area contributed by atoms with Crippen LogP contribution < -0.4 is 5.32 Å². The highest BCUT2D eigenvalue weighted by atomic mass is 16.2. The maximum atomic E-state index is 12.1. The minimum atomic E-state index is -0.0538. The van der Waals surface area contributed by atoms with Crippen molar-refractivity contribution in [1.29, 1.82) is 0 Å². The fourth-order valence-corrected chi connectivity index (χ4v) is 3.26. The zero-order valence-corrected chi connectivity index (χ0v) is 14.5. The molecule has 3 rings (SSSR count). The molecular weight excluding hydrogens is 300 g/mol. The molecule has 0 unspecified atom stereocenters. The van der Waals surface area contributed by atoms with E-state index < -0.39 is 0 Å². The highest BCUT2D eigenvalue weighted by Gasteiger charge is 2.34. The molecule has 0 radical (unpaired) electrons. The Balaban J connectivity index is 1.47. The molecule has 1 aliphatic carbocycles. The summed E-state index contributed by atoms with van der Waals surface area (Å²) < 4.78 is 0. The predicted molar refractivity (Wildman–Crippen MR) is 95.4 cm³/mol. The molecule has 2 amide bonds. The van der Waals surface area contributed by atoms with Gasteiger partial charge in [0.15, 0.2) is 0 Å². The summed E-state index contributed by atoms with van der Waals surface area (Å²) in [5.41, 5.74) is 3.47. The van der Waals surface area contributed by atoms with Crippen LogP contribution in [-0.2, 0) is 9.59 Å². The molecule has 0 bridgehead atoms. The first-order chi connectivity index (χ1) is 11.5. The lowest BCUT2D eigenvalue weighted by atomic mass is 10.0. The number of carbonyl (C=O) groups excluding carboxylic acids is 2. The van der Waals surface area contributed by atoms with E-state index in [1.54, 1.807) is 6.08 Å². The zero-order valence-electron chi connectivity index (χ0n) is 14.5. The third kappa shape index (κ3) is 4.25. The summed E-state index contributed by atoms with van der Waals surface area (Å²) in [6, 6.07) is 6.38. The summed E-state index contributed by atoms with van der Waals surface area (Å²) in [6.45, 7) is 5.65. The minimum Gasteiger partial charge on any atom is -0.350 e. The molecule has 1 saturated carbocycles. The van der Waals surface area contributed by atoms with E-state index in [1.165, 1.54) is 11.1 Å². The Morgan fingerprint density at radius 2 is 1.83 bits per heavy atom. The van der Waals surface area contributed by atoms with E-state index in [0.717, 1.165) is 44.3 Å². The number of carbonyl (C=O) groups is 2. The molecule has 4 nitrogen and oxygen atoms in total. The number of benzene rings is 1. The van der Waals surface area contributed by atoms with Crippen LogP contribution in [0.3, 0.4) is 0 Å². The molecule has 0 aromatic heterocycles. The molecule has 2 aliphatic rings. The average Bonchev–Trinajstić information content (AvgIpc) is 3.39. The van der Waals surface area contributed by atoms with E-state index in [4.69, 9.17) is 0 Å². The summed E-state index contributed by atoms with van der Waals surface area (Å²) in [6.07, 6.45) is 7.29. The third-order valence-electron chi connectivity index (χ3n) is 4.92. The van der Waals surface area contributed by atoms with E-state index in [1.807, 2.05) is 17.0 Å². The number of hydrogen-bond donors (Lipinski definition) is 1. The van der Waals surface area contributed by atoms with Crippen molar-refractivity contribution in [1.82, 2.24) is 10.2 Å². The van der Waals surface area contributed by atoms with Gasteiger partial charge in [0.1, 0.15) is 0 Å². The molecule has 1 N–H and O–H groups in total. The summed E-state index contributed by atoms with van der Waals surface area (Å²) in [7, 11) is 0. The highest BCUT2D eigenvalue weighted by molar-refractivity contribution is 5.92. The van der Waals surface area contributed by atoms with Crippen LogP contribution in [0.2, 0.25) is 0 Å². The van der Waals surface area contributed by atoms with Crippen molar-refractivity contribution < 1.29 is 9.59 Å². The molecule has 1 saturated heterocycles. The number of piperidine rings is 1. The minimum absolute atomic E-state index is 0.0538. The Kier molecular flexibility index (Phi) is 5.03. The van der Waals surface area contributed by atoms with E-state index in [-0.39, 0.29) is 17.9 Å². The van der Waals surface area contributed by atoms with Gasteiger partial charge in [-0.05, 0) is 56.7 Å². The van der Waals surface area contributed by atoms with E-state index >= 15 is 0 Å². The van der Waals surface area contributed by atoms with Crippen LogP contribution in [-0.4, -0.2) is 35.8 Å². The normalized spacial score (nSPS) is 18.8. The van der Waals surface area contributed by atoms with Crippen LogP contribution in [0.5, 0.6) is 0 Å². The number of hydrogen-bond acceptors (Lipinski definition) is 2. The van der Waals surface area contributed by atoms with Gasteiger partial charge in [-0.1, -0.05) is 23.8 Å². The van der Waals surface area contributed by atoms with Gasteiger partial charge in [-0.25, -0.2) is 0 Å². The molecule has 1 aliphatic heterocycles. The van der Waals surface area contributed by atoms with E-state index in [0.29, 0.717) is 5.91 Å². The Hall–Kier alpha value is -2.10. The molecule has 2 fully saturated rings. The molecule has 1 heterocycles. The van der Waals surface area contributed by atoms with Crippen LogP contribution in [0.4, 0.5) is 0 Å². The van der Waals surface area contributed by atoms with Crippen LogP contribution in [0, 0.1) is 19.8 Å². The molecule has 0 spiro atoms. The van der Waals surface area contributed by atoms with Gasteiger partial charge in [-0.3, -0.25) is 9.59 Å². The monoisotopic (exact) mass is 326 g/mol. The number of nitrogens with one attached hydrogen (secondary N) is 1. The second-order valence-electron chi connectivity index (χ2n) is 7.08. The van der Waals surface area contributed by atoms with E-state index in [2.05, 4.69) is 31.3 Å². The second kappa shape index (κ2) is 7.20. The predicted octanol–water partition coefficient (Wildman–Crippen LogP) is 2.83. The zero-order chi connectivity index (χ0) is 17.1. The van der Waals surface area contributed by atoms with Crippen molar-refractivity contribution in [3.63, 3.8) is 0 Å². The fourth-order valence-electron chi connectivity index (χ4n) is 3.26. The van der Waals surface area contributed by atoms with Crippen molar-refractivity contribution in [2.45, 2.75) is 45.6 Å². The van der Waals surface area contributed by atoms with Crippen molar-refractivity contribution in [3.05, 3.63) is 41.0 Å². The van der Waals surface area contributed by atoms with Gasteiger partial charge in [0, 0.05) is 31.1 Å². The van der Waals surface area contributed by atoms with Crippen molar-refractivity contribution >= 4 is 17.9 Å². The Morgan fingerprint density at radius 3 is 2.46 bits per heavy atom. The SMILES string of the molecule is Cc1ccc(/C=C/C(=O)NC2CCN(C(=O)C3CC3)CC2)c(C)c1. The Bertz CT molecular complexity index is 654. The van der Waals surface area contributed by atoms with Gasteiger partial charge in [0.05, 0.1) is 0 Å². The Morgan fingerprint density at radius 1 is 1.12 bits per heavy atom. The summed E-state index contributed by atoms with van der Waals surface area (Å²) in [4.78, 5) is 26.1. The molecule has 0 atom stereocenters. The first kappa shape index (κ1) is 16.7. The van der Waals surface area contributed by atoms with Crippen LogP contribution in [0.1, 0.15) is 42.4 Å². The van der Waals surface area contributed by atoms with Gasteiger partial charge in [0.2, 0.25) is 11.8 Å². The third-order valence-corrected chi connectivity index (χ3v) is 4.92. The van der Waals surface area contributed by atoms with E-state index in [9.17, 15) is 9.59 Å². The lowest BCUT2D eigenvalue weighted by Gasteiger charge is -2.32. The number of amides is 2. The van der Waals surface area contributed by atoms with Crippen LogP contribution in [0.25, 0.3) is 6.08 Å². The molecular formula is C20H26N2O2. The second-order valence-corrected chi connectivity index (χ2v) is 7.08. The lowest BCUT2D eigenvalue weighted by Crippen LogP contribution is -2.46. The quantitative estimate of drug-likeness (QED) is 0.865. The first-order valence-electron chi connectivity index (χ1n) is 8.87. The van der Waals surface area contributed by atoms with Crippen molar-refractivity contribution in [2.75, 3.05) is 13.1 Å². The smallest absolute Gasteiger partial charge is 0.244 e. The average molecular weight is 326 g/mol. The molecule has 128 valence electrons. The maximum absolute atomic E-state index is 12.1. The van der Waals surface area contributed by atoms with Gasteiger partial charge >= 0.3 is 0 Å². The number of rotatable bonds is 4. The standard InChI is InChI=1S/C20H26N2O2/c1-14-3-4-16(15(2)13-14)7-8-19(23)21-18-9-11-22(12-10-18)20(24)17-5-6-17/h3-4,7-8,13,17-18H,5-6,9-12H2,1-2H3,(H,21,23)/b8-7+. The summed E-state index contributed by atoms with van der Waals surface area (Å²) in [5.74, 6) is 0.549. The van der Waals surface area contributed by atoms with Crippen LogP contribution in [0.15, 0.2) is 24.3 Å². The summed E-state index contributed by atoms with van der Waals surface area (Å²) >= 11 is 0. The first-order valence-corrected chi connectivity index (χ1v) is 8.87. The molecule has 4 heteroatoms. The van der Waals surface area contributed by atoms with Gasteiger partial charge in [-0.2, -0.15) is 0 Å². The number of aryl methyl sites for hydroxylation is 2. The number of nitrogens with zero attached hydrogens (tertiary/aromatic N) is 1. The van der Waals surface area contributed by atoms with Gasteiger partial charge < -0.3 is 10.2 Å². The number of likely N-dealkylation sites (tertiary alicyclic amines) is 1. The summed E-state index contributed by atoms with van der Waals surface area (Å²) in [5, 5.41) is 3.06. The molecule has 24 heavy (non-hydrogen) atoms. The fraction of sp³-hybridized carbons (Fsp3) is 0.500. The lowest BCUT2D eigenvalue weighted by molar-refractivity contribution is -0.133. The maximum Gasteiger partial charge on any atom is 0.244 e. The molecule has 1 aromatic carbocycles. The van der Waals surface area contributed by atoms with Gasteiger partial charge in [0.25, 0.3) is 0 Å². The molecule has 1 aromatic rings.